The van der Waals surface area contributed by atoms with Gasteiger partial charge in [-0.25, -0.2) is 0 Å². The zero-order chi connectivity index (χ0) is 10.9. The summed E-state index contributed by atoms with van der Waals surface area (Å²) in [6, 6.07) is 0.375. The number of likely N-dealkylation sites (tertiary alicyclic amines) is 1. The Bertz CT molecular complexity index is 244. The van der Waals surface area contributed by atoms with E-state index in [0.29, 0.717) is 11.5 Å². The van der Waals surface area contributed by atoms with Crippen LogP contribution in [0.2, 0.25) is 0 Å². The highest BCUT2D eigenvalue weighted by Gasteiger charge is 2.41. The zero-order valence-electron chi connectivity index (χ0n) is 9.67. The Hall–Kier alpha value is -0.570. The molecule has 1 saturated heterocycles. The molecule has 0 aromatic rings. The Morgan fingerprint density at radius 2 is 1.93 bits per heavy atom. The molecule has 0 radical (unpaired) electrons. The quantitative estimate of drug-likeness (QED) is 0.659. The van der Waals surface area contributed by atoms with E-state index in [-0.39, 0.29) is 5.91 Å². The number of amides is 1. The molecule has 1 aliphatic heterocycles. The van der Waals surface area contributed by atoms with Crippen LogP contribution in [-0.2, 0) is 4.79 Å². The Morgan fingerprint density at radius 1 is 1.27 bits per heavy atom. The van der Waals surface area contributed by atoms with Gasteiger partial charge in [-0.1, -0.05) is 12.8 Å². The minimum absolute atomic E-state index is 0.217. The first-order valence-electron chi connectivity index (χ1n) is 6.15. The number of nitrogens with two attached hydrogens (primary N) is 1. The standard InChI is InChI=1S/C12H22N2O/c1-10(15)14-8-6-12(7-9-14)5-3-2-4-11(12)13/h11H,2-9,13H2,1H3. The first-order valence-corrected chi connectivity index (χ1v) is 6.15. The summed E-state index contributed by atoms with van der Waals surface area (Å²) in [6.45, 7) is 3.50. The predicted octanol–water partition coefficient (Wildman–Crippen LogP) is 1.52. The van der Waals surface area contributed by atoms with Crippen molar-refractivity contribution in [1.29, 1.82) is 0 Å². The zero-order valence-corrected chi connectivity index (χ0v) is 9.67. The minimum Gasteiger partial charge on any atom is -0.343 e. The van der Waals surface area contributed by atoms with Gasteiger partial charge in [0.1, 0.15) is 0 Å². The van der Waals surface area contributed by atoms with Crippen LogP contribution in [0.3, 0.4) is 0 Å². The van der Waals surface area contributed by atoms with E-state index in [1.807, 2.05) is 4.90 Å². The molecule has 86 valence electrons. The summed E-state index contributed by atoms with van der Waals surface area (Å²) in [6.07, 6.45) is 7.31. The van der Waals surface area contributed by atoms with Crippen LogP contribution in [0, 0.1) is 5.41 Å². The van der Waals surface area contributed by atoms with Crippen molar-refractivity contribution >= 4 is 5.91 Å². The first-order chi connectivity index (χ1) is 7.14. The van der Waals surface area contributed by atoms with Gasteiger partial charge in [-0.15, -0.1) is 0 Å². The number of piperidine rings is 1. The van der Waals surface area contributed by atoms with E-state index in [4.69, 9.17) is 5.73 Å². The molecular weight excluding hydrogens is 188 g/mol. The molecular formula is C12H22N2O. The van der Waals surface area contributed by atoms with E-state index in [0.717, 1.165) is 25.9 Å². The molecule has 1 atom stereocenters. The van der Waals surface area contributed by atoms with Crippen molar-refractivity contribution in [3.63, 3.8) is 0 Å². The number of hydrogen-bond acceptors (Lipinski definition) is 2. The van der Waals surface area contributed by atoms with Crippen LogP contribution in [-0.4, -0.2) is 29.9 Å². The van der Waals surface area contributed by atoms with E-state index in [9.17, 15) is 4.79 Å². The molecule has 2 N–H and O–H groups in total. The Kier molecular flexibility index (Phi) is 3.01. The lowest BCUT2D eigenvalue weighted by Crippen LogP contribution is -2.51. The van der Waals surface area contributed by atoms with Crippen LogP contribution in [0.4, 0.5) is 0 Å². The molecule has 1 amide bonds. The molecule has 1 heterocycles. The lowest BCUT2D eigenvalue weighted by atomic mass is 9.65. The highest BCUT2D eigenvalue weighted by Crippen LogP contribution is 2.43. The second-order valence-corrected chi connectivity index (χ2v) is 5.22. The van der Waals surface area contributed by atoms with Crippen molar-refractivity contribution in [2.75, 3.05) is 13.1 Å². The second kappa shape index (κ2) is 4.12. The number of nitrogens with zero attached hydrogens (tertiary/aromatic N) is 1. The van der Waals surface area contributed by atoms with E-state index < -0.39 is 0 Å². The van der Waals surface area contributed by atoms with Gasteiger partial charge in [0.2, 0.25) is 5.91 Å². The van der Waals surface area contributed by atoms with Gasteiger partial charge >= 0.3 is 0 Å². The molecule has 2 rings (SSSR count). The Balaban J connectivity index is 1.98. The van der Waals surface area contributed by atoms with E-state index in [1.54, 1.807) is 6.92 Å². The van der Waals surface area contributed by atoms with Crippen LogP contribution in [0.25, 0.3) is 0 Å². The third-order valence-corrected chi connectivity index (χ3v) is 4.43. The average Bonchev–Trinajstić information content (AvgIpc) is 2.23. The third-order valence-electron chi connectivity index (χ3n) is 4.43. The average molecular weight is 210 g/mol. The maximum Gasteiger partial charge on any atom is 0.219 e. The van der Waals surface area contributed by atoms with Crippen LogP contribution >= 0.6 is 0 Å². The number of rotatable bonds is 0. The normalized spacial score (nSPS) is 30.5. The minimum atomic E-state index is 0.217. The van der Waals surface area contributed by atoms with Gasteiger partial charge in [-0.2, -0.15) is 0 Å². The fraction of sp³-hybridized carbons (Fsp3) is 0.917. The second-order valence-electron chi connectivity index (χ2n) is 5.22. The van der Waals surface area contributed by atoms with Crippen LogP contribution < -0.4 is 5.73 Å². The van der Waals surface area contributed by atoms with Gasteiger partial charge in [0.15, 0.2) is 0 Å². The molecule has 2 aliphatic rings. The third kappa shape index (κ3) is 2.03. The number of carbonyl (C=O) groups excluding carboxylic acids is 1. The summed E-state index contributed by atoms with van der Waals surface area (Å²) in [5.41, 5.74) is 6.63. The molecule has 3 heteroatoms. The Labute approximate surface area is 92.0 Å². The van der Waals surface area contributed by atoms with Crippen molar-refractivity contribution in [1.82, 2.24) is 4.90 Å². The molecule has 1 unspecified atom stereocenters. The van der Waals surface area contributed by atoms with Crippen molar-refractivity contribution in [2.45, 2.75) is 51.5 Å². The highest BCUT2D eigenvalue weighted by atomic mass is 16.2. The largest absolute Gasteiger partial charge is 0.343 e. The maximum atomic E-state index is 11.2. The fourth-order valence-electron chi connectivity index (χ4n) is 3.22. The number of carbonyl (C=O) groups is 1. The van der Waals surface area contributed by atoms with Crippen LogP contribution in [0.15, 0.2) is 0 Å². The van der Waals surface area contributed by atoms with Gasteiger partial charge in [-0.3, -0.25) is 4.79 Å². The van der Waals surface area contributed by atoms with Crippen molar-refractivity contribution in [3.05, 3.63) is 0 Å². The molecule has 2 fully saturated rings. The molecule has 3 nitrogen and oxygen atoms in total. The predicted molar refractivity (Wildman–Crippen MR) is 60.4 cm³/mol. The summed E-state index contributed by atoms with van der Waals surface area (Å²) in [4.78, 5) is 13.2. The maximum absolute atomic E-state index is 11.2. The lowest BCUT2D eigenvalue weighted by Gasteiger charge is -2.47. The van der Waals surface area contributed by atoms with E-state index >= 15 is 0 Å². The summed E-state index contributed by atoms with van der Waals surface area (Å²) in [5, 5.41) is 0. The molecule has 1 aliphatic carbocycles. The topological polar surface area (TPSA) is 46.3 Å². The molecule has 0 aromatic carbocycles. The number of hydrogen-bond donors (Lipinski definition) is 1. The summed E-state index contributed by atoms with van der Waals surface area (Å²) in [5.74, 6) is 0.217. The van der Waals surface area contributed by atoms with Gasteiger partial charge in [0.05, 0.1) is 0 Å². The SMILES string of the molecule is CC(=O)N1CCC2(CCCCC2N)CC1. The molecule has 1 saturated carbocycles. The van der Waals surface area contributed by atoms with Gasteiger partial charge in [0.25, 0.3) is 0 Å². The fourth-order valence-corrected chi connectivity index (χ4v) is 3.22. The molecule has 1 spiro atoms. The lowest BCUT2D eigenvalue weighted by molar-refractivity contribution is -0.131. The van der Waals surface area contributed by atoms with E-state index in [2.05, 4.69) is 0 Å². The van der Waals surface area contributed by atoms with Crippen LogP contribution in [0.5, 0.6) is 0 Å². The smallest absolute Gasteiger partial charge is 0.219 e. The molecule has 15 heavy (non-hydrogen) atoms. The summed E-state index contributed by atoms with van der Waals surface area (Å²) < 4.78 is 0. The van der Waals surface area contributed by atoms with Gasteiger partial charge < -0.3 is 10.6 Å². The van der Waals surface area contributed by atoms with Crippen molar-refractivity contribution in [2.24, 2.45) is 11.1 Å². The van der Waals surface area contributed by atoms with Gasteiger partial charge in [-0.05, 0) is 31.1 Å². The molecule has 0 bridgehead atoms. The van der Waals surface area contributed by atoms with Gasteiger partial charge in [0, 0.05) is 26.1 Å². The monoisotopic (exact) mass is 210 g/mol. The van der Waals surface area contributed by atoms with Crippen molar-refractivity contribution < 1.29 is 4.79 Å². The summed E-state index contributed by atoms with van der Waals surface area (Å²) in [7, 11) is 0. The van der Waals surface area contributed by atoms with Crippen LogP contribution in [0.1, 0.15) is 45.4 Å². The summed E-state index contributed by atoms with van der Waals surface area (Å²) >= 11 is 0. The molecule has 0 aromatic heterocycles. The van der Waals surface area contributed by atoms with E-state index in [1.165, 1.54) is 25.7 Å². The first kappa shape index (κ1) is 10.9. The highest BCUT2D eigenvalue weighted by molar-refractivity contribution is 5.73. The van der Waals surface area contributed by atoms with Crippen molar-refractivity contribution in [3.8, 4) is 0 Å². The Morgan fingerprint density at radius 3 is 2.47 bits per heavy atom.